The molecule has 3 aromatic rings. The van der Waals surface area contributed by atoms with E-state index < -0.39 is 29.4 Å². The summed E-state index contributed by atoms with van der Waals surface area (Å²) >= 11 is 5.29. The van der Waals surface area contributed by atoms with E-state index in [0.29, 0.717) is 5.69 Å². The van der Waals surface area contributed by atoms with E-state index in [4.69, 9.17) is 11.6 Å². The van der Waals surface area contributed by atoms with Crippen LogP contribution in [0.25, 0.3) is 0 Å². The molecule has 158 valence electrons. The molecule has 0 aromatic heterocycles. The van der Waals surface area contributed by atoms with Crippen LogP contribution in [0, 0.1) is 0 Å². The first kappa shape index (κ1) is 23.3. The van der Waals surface area contributed by atoms with Crippen LogP contribution in [-0.4, -0.2) is 5.91 Å². The molecule has 1 amide bonds. The number of nitrogens with one attached hydrogen (secondary N) is 1. The summed E-state index contributed by atoms with van der Waals surface area (Å²) < 4.78 is 74.2. The standard InChI is InChI=1S/C14H10F3NO.C7H4ClF3/c15-14(16,17)12-9-5-4-8-11(12)13(19)18-10-6-2-1-3-7-10;8-6-4-2-1-3-5(6)7(9,10)11/h1-9H,(H,18,19);1-4H. The number of carbonyl (C=O) groups excluding carboxylic acids is 1. The van der Waals surface area contributed by atoms with Crippen LogP contribution in [0.4, 0.5) is 32.0 Å². The monoisotopic (exact) mass is 445 g/mol. The minimum atomic E-state index is -4.55. The molecule has 0 saturated carbocycles. The van der Waals surface area contributed by atoms with Gasteiger partial charge in [0.1, 0.15) is 0 Å². The molecule has 0 heterocycles. The molecule has 3 rings (SSSR count). The molecule has 0 aliphatic carbocycles. The topological polar surface area (TPSA) is 29.1 Å². The first-order chi connectivity index (χ1) is 14.0. The van der Waals surface area contributed by atoms with Crippen molar-refractivity contribution in [2.75, 3.05) is 5.32 Å². The lowest BCUT2D eigenvalue weighted by atomic mass is 10.1. The lowest BCUT2D eigenvalue weighted by molar-refractivity contribution is -0.138. The van der Waals surface area contributed by atoms with E-state index in [0.717, 1.165) is 18.2 Å². The van der Waals surface area contributed by atoms with Gasteiger partial charge in [0.05, 0.1) is 21.7 Å². The van der Waals surface area contributed by atoms with Crippen molar-refractivity contribution in [3.63, 3.8) is 0 Å². The lowest BCUT2D eigenvalue weighted by Crippen LogP contribution is -2.18. The zero-order valence-corrected chi connectivity index (χ0v) is 15.8. The largest absolute Gasteiger partial charge is 0.417 e. The normalized spacial score (nSPS) is 11.3. The zero-order chi connectivity index (χ0) is 22.4. The molecule has 0 unspecified atom stereocenters. The predicted octanol–water partition coefficient (Wildman–Crippen LogP) is 7.32. The van der Waals surface area contributed by atoms with Crippen molar-refractivity contribution in [2.24, 2.45) is 0 Å². The number of benzene rings is 3. The SMILES string of the molecule is FC(F)(F)c1ccccc1Cl.O=C(Nc1ccccc1)c1ccccc1C(F)(F)F. The van der Waals surface area contributed by atoms with Gasteiger partial charge in [0.25, 0.3) is 5.91 Å². The van der Waals surface area contributed by atoms with Gasteiger partial charge >= 0.3 is 12.4 Å². The Bertz CT molecular complexity index is 987. The number of halogens is 7. The summed E-state index contributed by atoms with van der Waals surface area (Å²) in [4.78, 5) is 11.9. The number of hydrogen-bond donors (Lipinski definition) is 1. The summed E-state index contributed by atoms with van der Waals surface area (Å²) in [5.41, 5.74) is -1.67. The highest BCUT2D eigenvalue weighted by Gasteiger charge is 2.35. The summed E-state index contributed by atoms with van der Waals surface area (Å²) in [6.07, 6.45) is -8.90. The summed E-state index contributed by atoms with van der Waals surface area (Å²) in [5.74, 6) is -0.779. The van der Waals surface area contributed by atoms with Crippen LogP contribution in [0.1, 0.15) is 21.5 Å². The molecule has 0 fully saturated rings. The van der Waals surface area contributed by atoms with Crippen LogP contribution in [0.5, 0.6) is 0 Å². The first-order valence-corrected chi connectivity index (χ1v) is 8.72. The van der Waals surface area contributed by atoms with Crippen molar-refractivity contribution in [1.29, 1.82) is 0 Å². The fourth-order valence-electron chi connectivity index (χ4n) is 2.34. The third-order valence-corrected chi connectivity index (χ3v) is 4.02. The number of rotatable bonds is 2. The second-order valence-electron chi connectivity index (χ2n) is 5.84. The second kappa shape index (κ2) is 9.67. The molecule has 0 aliphatic heterocycles. The van der Waals surface area contributed by atoms with Gasteiger partial charge in [0, 0.05) is 5.69 Å². The van der Waals surface area contributed by atoms with E-state index >= 15 is 0 Å². The van der Waals surface area contributed by atoms with E-state index in [9.17, 15) is 31.1 Å². The summed E-state index contributed by atoms with van der Waals surface area (Å²) in [6, 6.07) is 17.9. The number of carbonyl (C=O) groups is 1. The van der Waals surface area contributed by atoms with E-state index in [2.05, 4.69) is 5.32 Å². The molecule has 2 nitrogen and oxygen atoms in total. The number of alkyl halides is 6. The quantitative estimate of drug-likeness (QED) is 0.411. The Kier molecular flexibility index (Phi) is 7.50. The number of amides is 1. The zero-order valence-electron chi connectivity index (χ0n) is 15.1. The third kappa shape index (κ3) is 6.52. The maximum absolute atomic E-state index is 12.8. The van der Waals surface area contributed by atoms with Crippen molar-refractivity contribution in [1.82, 2.24) is 0 Å². The van der Waals surface area contributed by atoms with Gasteiger partial charge in [-0.2, -0.15) is 26.3 Å². The molecule has 9 heteroatoms. The van der Waals surface area contributed by atoms with Gasteiger partial charge in [-0.1, -0.05) is 54.1 Å². The molecule has 0 aliphatic rings. The maximum atomic E-state index is 12.8. The molecule has 0 radical (unpaired) electrons. The summed E-state index contributed by atoms with van der Waals surface area (Å²) in [7, 11) is 0. The lowest BCUT2D eigenvalue weighted by Gasteiger charge is -2.12. The van der Waals surface area contributed by atoms with Gasteiger partial charge in [0.15, 0.2) is 0 Å². The summed E-state index contributed by atoms with van der Waals surface area (Å²) in [5, 5.41) is 2.17. The highest BCUT2D eigenvalue weighted by molar-refractivity contribution is 6.31. The van der Waals surface area contributed by atoms with Gasteiger partial charge in [0.2, 0.25) is 0 Å². The number of anilines is 1. The average molecular weight is 446 g/mol. The molecule has 0 saturated heterocycles. The Morgan fingerprint density at radius 1 is 0.667 bits per heavy atom. The molecule has 1 N–H and O–H groups in total. The Morgan fingerprint density at radius 2 is 1.13 bits per heavy atom. The Labute approximate surface area is 173 Å². The number of para-hydroxylation sites is 1. The molecule has 0 spiro atoms. The molecule has 0 atom stereocenters. The van der Waals surface area contributed by atoms with Crippen LogP contribution in [-0.2, 0) is 12.4 Å². The second-order valence-corrected chi connectivity index (χ2v) is 6.25. The predicted molar refractivity (Wildman–Crippen MR) is 102 cm³/mol. The van der Waals surface area contributed by atoms with Crippen LogP contribution in [0.3, 0.4) is 0 Å². The third-order valence-electron chi connectivity index (χ3n) is 3.69. The first-order valence-electron chi connectivity index (χ1n) is 8.34. The van der Waals surface area contributed by atoms with Crippen molar-refractivity contribution in [2.45, 2.75) is 12.4 Å². The molecule has 30 heavy (non-hydrogen) atoms. The Balaban J connectivity index is 0.000000248. The Morgan fingerprint density at radius 3 is 1.63 bits per heavy atom. The van der Waals surface area contributed by atoms with E-state index in [1.54, 1.807) is 30.3 Å². The van der Waals surface area contributed by atoms with Crippen molar-refractivity contribution in [3.8, 4) is 0 Å². The highest BCUT2D eigenvalue weighted by Crippen LogP contribution is 2.34. The summed E-state index contributed by atoms with van der Waals surface area (Å²) in [6.45, 7) is 0. The average Bonchev–Trinajstić information content (AvgIpc) is 2.68. The van der Waals surface area contributed by atoms with E-state index in [1.165, 1.54) is 30.3 Å². The van der Waals surface area contributed by atoms with Crippen molar-refractivity contribution < 1.29 is 31.1 Å². The maximum Gasteiger partial charge on any atom is 0.417 e. The molecular weight excluding hydrogens is 432 g/mol. The smallest absolute Gasteiger partial charge is 0.322 e. The van der Waals surface area contributed by atoms with Crippen LogP contribution in [0.2, 0.25) is 5.02 Å². The molecule has 0 bridgehead atoms. The fourth-order valence-corrected chi connectivity index (χ4v) is 2.58. The fraction of sp³-hybridized carbons (Fsp3) is 0.0952. The molecule has 3 aromatic carbocycles. The van der Waals surface area contributed by atoms with Crippen molar-refractivity contribution in [3.05, 3.63) is 101 Å². The highest BCUT2D eigenvalue weighted by atomic mass is 35.5. The van der Waals surface area contributed by atoms with Gasteiger partial charge in [-0.3, -0.25) is 4.79 Å². The van der Waals surface area contributed by atoms with Gasteiger partial charge in [-0.25, -0.2) is 0 Å². The van der Waals surface area contributed by atoms with Gasteiger partial charge in [-0.05, 0) is 36.4 Å². The minimum Gasteiger partial charge on any atom is -0.322 e. The Hall–Kier alpha value is -3.00. The minimum absolute atomic E-state index is 0.264. The van der Waals surface area contributed by atoms with Crippen LogP contribution >= 0.6 is 11.6 Å². The van der Waals surface area contributed by atoms with Crippen LogP contribution in [0.15, 0.2) is 78.9 Å². The molecular formula is C21H14ClF6NO. The van der Waals surface area contributed by atoms with Gasteiger partial charge < -0.3 is 5.32 Å². The number of hydrogen-bond acceptors (Lipinski definition) is 1. The van der Waals surface area contributed by atoms with Crippen molar-refractivity contribution >= 4 is 23.2 Å². The van der Waals surface area contributed by atoms with Crippen LogP contribution < -0.4 is 5.32 Å². The van der Waals surface area contributed by atoms with E-state index in [-0.39, 0.29) is 10.6 Å². The van der Waals surface area contributed by atoms with E-state index in [1.807, 2.05) is 0 Å². The van der Waals surface area contributed by atoms with Gasteiger partial charge in [-0.15, -0.1) is 0 Å².